The average Bonchev–Trinajstić information content (AvgIpc) is 2.67. The van der Waals surface area contributed by atoms with Crippen molar-refractivity contribution in [1.29, 1.82) is 0 Å². The molecule has 0 aliphatic rings. The molecule has 160 valence electrons. The third-order valence-corrected chi connectivity index (χ3v) is 5.00. The molecule has 0 bridgehead atoms. The first-order chi connectivity index (χ1) is 14.6. The van der Waals surface area contributed by atoms with Crippen LogP contribution in [0.2, 0.25) is 0 Å². The molecule has 0 aliphatic carbocycles. The van der Waals surface area contributed by atoms with Gasteiger partial charge in [-0.05, 0) is 81.7 Å². The number of carbonyl (C=O) groups is 3. The van der Waals surface area contributed by atoms with Crippen LogP contribution >= 0.6 is 0 Å². The number of allylic oxidation sites excluding steroid dienone is 1. The Bertz CT molecular complexity index is 1170. The Kier molecular flexibility index (Phi) is 8.21. The summed E-state index contributed by atoms with van der Waals surface area (Å²) in [7, 11) is 0. The van der Waals surface area contributed by atoms with Gasteiger partial charge in [-0.1, -0.05) is 53.6 Å². The summed E-state index contributed by atoms with van der Waals surface area (Å²) in [5, 5.41) is 2.38. The molecule has 0 radical (unpaired) electrons. The fraction of sp³-hybridized carbons (Fsp3) is 0.250. The Morgan fingerprint density at radius 2 is 1.48 bits per heavy atom. The largest absolute Gasteiger partial charge is 0.300 e. The summed E-state index contributed by atoms with van der Waals surface area (Å²) in [6.07, 6.45) is 2.00. The molecule has 3 aromatic rings. The number of hydrogen-bond acceptors (Lipinski definition) is 3. The molecule has 3 nitrogen and oxygen atoms in total. The predicted octanol–water partition coefficient (Wildman–Crippen LogP) is 6.61. The van der Waals surface area contributed by atoms with Crippen LogP contribution in [0.25, 0.3) is 16.8 Å². The summed E-state index contributed by atoms with van der Waals surface area (Å²) in [6.45, 7) is 10.7. The summed E-state index contributed by atoms with van der Waals surface area (Å²) < 4.78 is 0. The Labute approximate surface area is 184 Å². The van der Waals surface area contributed by atoms with Crippen LogP contribution in [0.3, 0.4) is 0 Å². The van der Waals surface area contributed by atoms with Crippen molar-refractivity contribution in [3.05, 3.63) is 88.0 Å². The zero-order valence-corrected chi connectivity index (χ0v) is 19.2. The van der Waals surface area contributed by atoms with Crippen molar-refractivity contribution in [2.24, 2.45) is 0 Å². The maximum Gasteiger partial charge on any atom is 0.159 e. The molecule has 0 aliphatic heterocycles. The lowest BCUT2D eigenvalue weighted by atomic mass is 9.99. The molecule has 0 heterocycles. The van der Waals surface area contributed by atoms with Crippen LogP contribution in [0.15, 0.2) is 60.2 Å². The SMILES string of the molecule is CC(=O)C/C(=C\c1cccc(C)c1)C(C)=O.CC(=O)c1cc(C)c2ccc(C)cc2c1. The summed E-state index contributed by atoms with van der Waals surface area (Å²) in [6, 6.07) is 18.1. The quantitative estimate of drug-likeness (QED) is 0.349. The maximum atomic E-state index is 11.3. The van der Waals surface area contributed by atoms with Crippen LogP contribution in [0, 0.1) is 20.8 Å². The van der Waals surface area contributed by atoms with Crippen LogP contribution < -0.4 is 0 Å². The van der Waals surface area contributed by atoms with Crippen molar-refractivity contribution in [2.75, 3.05) is 0 Å². The zero-order chi connectivity index (χ0) is 23.1. The van der Waals surface area contributed by atoms with Gasteiger partial charge in [-0.15, -0.1) is 0 Å². The van der Waals surface area contributed by atoms with E-state index in [1.807, 2.05) is 50.2 Å². The van der Waals surface area contributed by atoms with Crippen molar-refractivity contribution < 1.29 is 14.4 Å². The molecule has 0 aromatic heterocycles. The van der Waals surface area contributed by atoms with Crippen LogP contribution in [0.5, 0.6) is 0 Å². The highest BCUT2D eigenvalue weighted by atomic mass is 16.1. The van der Waals surface area contributed by atoms with Gasteiger partial charge in [0.05, 0.1) is 0 Å². The maximum absolute atomic E-state index is 11.3. The van der Waals surface area contributed by atoms with Gasteiger partial charge in [0, 0.05) is 17.6 Å². The zero-order valence-electron chi connectivity index (χ0n) is 19.2. The Balaban J connectivity index is 0.000000220. The molecule has 0 unspecified atom stereocenters. The third kappa shape index (κ3) is 7.14. The first-order valence-electron chi connectivity index (χ1n) is 10.4. The van der Waals surface area contributed by atoms with Gasteiger partial charge in [0.25, 0.3) is 0 Å². The Hall–Kier alpha value is -3.33. The Morgan fingerprint density at radius 1 is 0.806 bits per heavy atom. The summed E-state index contributed by atoms with van der Waals surface area (Å²) >= 11 is 0. The number of benzene rings is 3. The van der Waals surface area contributed by atoms with Gasteiger partial charge in [-0.2, -0.15) is 0 Å². The molecule has 0 atom stereocenters. The molecule has 3 aromatic carbocycles. The minimum Gasteiger partial charge on any atom is -0.300 e. The van der Waals surface area contributed by atoms with Crippen LogP contribution in [0.1, 0.15) is 59.8 Å². The number of hydrogen-bond donors (Lipinski definition) is 0. The summed E-state index contributed by atoms with van der Waals surface area (Å²) in [4.78, 5) is 33.7. The van der Waals surface area contributed by atoms with E-state index < -0.39 is 0 Å². The van der Waals surface area contributed by atoms with E-state index in [4.69, 9.17) is 0 Å². The van der Waals surface area contributed by atoms with E-state index in [-0.39, 0.29) is 23.8 Å². The molecule has 0 N–H and O–H groups in total. The first kappa shape index (κ1) is 23.9. The molecule has 31 heavy (non-hydrogen) atoms. The molecule has 0 fully saturated rings. The van der Waals surface area contributed by atoms with E-state index in [9.17, 15) is 14.4 Å². The van der Waals surface area contributed by atoms with Gasteiger partial charge < -0.3 is 0 Å². The van der Waals surface area contributed by atoms with E-state index >= 15 is 0 Å². The fourth-order valence-electron chi connectivity index (χ4n) is 3.39. The highest BCUT2D eigenvalue weighted by molar-refractivity contribution is 6.02. The lowest BCUT2D eigenvalue weighted by Crippen LogP contribution is -2.02. The fourth-order valence-corrected chi connectivity index (χ4v) is 3.39. The first-order valence-corrected chi connectivity index (χ1v) is 10.4. The van der Waals surface area contributed by atoms with E-state index in [1.54, 1.807) is 13.0 Å². The van der Waals surface area contributed by atoms with Crippen molar-refractivity contribution in [1.82, 2.24) is 0 Å². The second-order valence-corrected chi connectivity index (χ2v) is 8.09. The minimum atomic E-state index is -0.0447. The van der Waals surface area contributed by atoms with Gasteiger partial charge >= 0.3 is 0 Å². The van der Waals surface area contributed by atoms with E-state index in [0.717, 1.165) is 27.6 Å². The van der Waals surface area contributed by atoms with Gasteiger partial charge in [0.1, 0.15) is 5.78 Å². The minimum absolute atomic E-state index is 0.00843. The van der Waals surface area contributed by atoms with Gasteiger partial charge in [-0.3, -0.25) is 14.4 Å². The number of carbonyl (C=O) groups excluding carboxylic acids is 3. The summed E-state index contributed by atoms with van der Waals surface area (Å²) in [5.41, 5.74) is 5.86. The molecular formula is C28H30O3. The standard InChI is InChI=1S/C14H16O2.C14H14O/c1-10-5-4-6-13(7-10)9-14(12(3)16)8-11(2)15;1-9-4-5-14-10(2)7-12(11(3)15)8-13(14)6-9/h4-7,9H,8H2,1-3H3;4-8H,1-3H3/b14-9+;. The average molecular weight is 415 g/mol. The van der Waals surface area contributed by atoms with Crippen molar-refractivity contribution >= 4 is 34.2 Å². The number of aryl methyl sites for hydroxylation is 3. The molecule has 0 spiro atoms. The van der Waals surface area contributed by atoms with Crippen molar-refractivity contribution in [3.63, 3.8) is 0 Å². The molecule has 3 heteroatoms. The highest BCUT2D eigenvalue weighted by Gasteiger charge is 2.07. The van der Waals surface area contributed by atoms with Crippen LogP contribution in [-0.2, 0) is 9.59 Å². The molecule has 3 rings (SSSR count). The number of ketones is 3. The lowest BCUT2D eigenvalue weighted by molar-refractivity contribution is -0.119. The number of fused-ring (bicyclic) bond motifs is 1. The normalized spacial score (nSPS) is 11.0. The van der Waals surface area contributed by atoms with E-state index in [2.05, 4.69) is 25.1 Å². The molecule has 0 saturated carbocycles. The lowest BCUT2D eigenvalue weighted by Gasteiger charge is -2.05. The second-order valence-electron chi connectivity index (χ2n) is 8.09. The van der Waals surface area contributed by atoms with E-state index in [1.165, 1.54) is 24.8 Å². The predicted molar refractivity (Wildman–Crippen MR) is 129 cm³/mol. The van der Waals surface area contributed by atoms with Crippen LogP contribution in [-0.4, -0.2) is 17.3 Å². The Morgan fingerprint density at radius 3 is 2.06 bits per heavy atom. The molecular weight excluding hydrogens is 384 g/mol. The monoisotopic (exact) mass is 414 g/mol. The molecule has 0 amide bonds. The highest BCUT2D eigenvalue weighted by Crippen LogP contribution is 2.22. The second kappa shape index (κ2) is 10.6. The van der Waals surface area contributed by atoms with Gasteiger partial charge in [-0.25, -0.2) is 0 Å². The van der Waals surface area contributed by atoms with Gasteiger partial charge in [0.15, 0.2) is 11.6 Å². The van der Waals surface area contributed by atoms with E-state index in [0.29, 0.717) is 5.57 Å². The molecule has 0 saturated heterocycles. The van der Waals surface area contributed by atoms with Gasteiger partial charge in [0.2, 0.25) is 0 Å². The summed E-state index contributed by atoms with van der Waals surface area (Å²) in [5.74, 6) is 0.0901. The van der Waals surface area contributed by atoms with Crippen LogP contribution in [0.4, 0.5) is 0 Å². The number of Topliss-reactive ketones (excluding diaryl/α,β-unsaturated/α-hetero) is 3. The third-order valence-electron chi connectivity index (χ3n) is 5.00. The van der Waals surface area contributed by atoms with Crippen molar-refractivity contribution in [3.8, 4) is 0 Å². The number of rotatable bonds is 5. The van der Waals surface area contributed by atoms with Crippen molar-refractivity contribution in [2.45, 2.75) is 48.0 Å². The topological polar surface area (TPSA) is 51.2 Å². The smallest absolute Gasteiger partial charge is 0.159 e.